The number of nitrogens with two attached hydrogens (primary N) is 1. The molecule has 1 rings (SSSR count). The molecule has 92 valence electrons. The lowest BCUT2D eigenvalue weighted by Crippen LogP contribution is -2.30. The van der Waals surface area contributed by atoms with Gasteiger partial charge in [-0.1, -0.05) is 20.8 Å². The van der Waals surface area contributed by atoms with Crippen LogP contribution in [0, 0.1) is 0 Å². The van der Waals surface area contributed by atoms with E-state index in [0.717, 1.165) is 5.76 Å². The van der Waals surface area contributed by atoms with E-state index >= 15 is 0 Å². The van der Waals surface area contributed by atoms with Gasteiger partial charge in [0.2, 0.25) is 5.89 Å². The molecule has 0 fully saturated rings. The predicted octanol–water partition coefficient (Wildman–Crippen LogP) is 1.62. The van der Waals surface area contributed by atoms with E-state index < -0.39 is 0 Å². The standard InChI is InChI=1S/C10H18N4O.HI/c1-10(2,3)7-5-13-8(15-7)6-14-9(11)12-4;/h5H,6H2,1-4H3,(H3,11,12,14);1H. The third-order valence-corrected chi connectivity index (χ3v) is 1.95. The van der Waals surface area contributed by atoms with Crippen LogP contribution in [0.1, 0.15) is 32.4 Å². The number of aliphatic imine (C=N–C) groups is 1. The Balaban J connectivity index is 0.00000225. The highest BCUT2D eigenvalue weighted by atomic mass is 127. The maximum atomic E-state index is 5.56. The second-order valence-corrected chi connectivity index (χ2v) is 4.33. The van der Waals surface area contributed by atoms with E-state index in [1.807, 2.05) is 0 Å². The molecule has 6 heteroatoms. The van der Waals surface area contributed by atoms with Crippen LogP contribution in [0.25, 0.3) is 0 Å². The monoisotopic (exact) mass is 338 g/mol. The van der Waals surface area contributed by atoms with E-state index in [2.05, 4.69) is 36.1 Å². The molecule has 1 heterocycles. The molecule has 0 aliphatic rings. The minimum atomic E-state index is -0.0182. The average molecular weight is 338 g/mol. The second-order valence-electron chi connectivity index (χ2n) is 4.33. The summed E-state index contributed by atoms with van der Waals surface area (Å²) in [7, 11) is 1.62. The van der Waals surface area contributed by atoms with Gasteiger partial charge < -0.3 is 15.5 Å². The highest BCUT2D eigenvalue weighted by Gasteiger charge is 2.18. The van der Waals surface area contributed by atoms with Crippen molar-refractivity contribution in [3.05, 3.63) is 17.8 Å². The highest BCUT2D eigenvalue weighted by Crippen LogP contribution is 2.22. The lowest BCUT2D eigenvalue weighted by atomic mass is 9.94. The smallest absolute Gasteiger partial charge is 0.213 e. The van der Waals surface area contributed by atoms with Crippen LogP contribution >= 0.6 is 24.0 Å². The molecule has 3 N–H and O–H groups in total. The summed E-state index contributed by atoms with van der Waals surface area (Å²) in [6.45, 7) is 6.69. The number of oxazole rings is 1. The van der Waals surface area contributed by atoms with Crippen LogP contribution in [0.2, 0.25) is 0 Å². The number of nitrogens with zero attached hydrogens (tertiary/aromatic N) is 2. The Bertz CT molecular complexity index is 354. The van der Waals surface area contributed by atoms with Crippen molar-refractivity contribution in [2.24, 2.45) is 10.7 Å². The average Bonchev–Trinajstić information content (AvgIpc) is 2.61. The van der Waals surface area contributed by atoms with Crippen LogP contribution in [-0.2, 0) is 12.0 Å². The molecule has 16 heavy (non-hydrogen) atoms. The first kappa shape index (κ1) is 15.2. The first-order valence-corrected chi connectivity index (χ1v) is 4.85. The minimum absolute atomic E-state index is 0. The molecule has 0 unspecified atom stereocenters. The van der Waals surface area contributed by atoms with Crippen molar-refractivity contribution in [1.82, 2.24) is 10.3 Å². The Morgan fingerprint density at radius 3 is 2.62 bits per heavy atom. The number of halogens is 1. The van der Waals surface area contributed by atoms with Crippen LogP contribution in [0.5, 0.6) is 0 Å². The van der Waals surface area contributed by atoms with Crippen molar-refractivity contribution < 1.29 is 4.42 Å². The van der Waals surface area contributed by atoms with E-state index in [1.54, 1.807) is 13.2 Å². The first-order valence-electron chi connectivity index (χ1n) is 4.85. The molecule has 0 radical (unpaired) electrons. The van der Waals surface area contributed by atoms with Crippen molar-refractivity contribution in [2.45, 2.75) is 32.7 Å². The Labute approximate surface area is 113 Å². The number of aromatic nitrogens is 1. The van der Waals surface area contributed by atoms with E-state index in [0.29, 0.717) is 18.4 Å². The molecule has 0 atom stereocenters. The number of hydrogen-bond donors (Lipinski definition) is 2. The molecule has 0 aromatic carbocycles. The summed E-state index contributed by atoms with van der Waals surface area (Å²) in [6.07, 6.45) is 1.75. The molecule has 0 spiro atoms. The summed E-state index contributed by atoms with van der Waals surface area (Å²) in [5.74, 6) is 1.86. The van der Waals surface area contributed by atoms with Crippen molar-refractivity contribution in [3.8, 4) is 0 Å². The van der Waals surface area contributed by atoms with E-state index in [4.69, 9.17) is 10.2 Å². The van der Waals surface area contributed by atoms with Gasteiger partial charge in [-0.3, -0.25) is 4.99 Å². The maximum Gasteiger partial charge on any atom is 0.213 e. The van der Waals surface area contributed by atoms with E-state index in [-0.39, 0.29) is 29.4 Å². The Hall–Kier alpha value is -0.790. The molecule has 0 saturated heterocycles. The van der Waals surface area contributed by atoms with Crippen molar-refractivity contribution in [1.29, 1.82) is 0 Å². The van der Waals surface area contributed by atoms with Crippen molar-refractivity contribution in [2.75, 3.05) is 7.05 Å². The molecule has 1 aromatic rings. The zero-order valence-corrected chi connectivity index (χ0v) is 12.4. The van der Waals surface area contributed by atoms with Gasteiger partial charge in [-0.05, 0) is 0 Å². The fourth-order valence-corrected chi connectivity index (χ4v) is 0.984. The highest BCUT2D eigenvalue weighted by molar-refractivity contribution is 14.0. The molecule has 5 nitrogen and oxygen atoms in total. The molecule has 1 aromatic heterocycles. The minimum Gasteiger partial charge on any atom is -0.443 e. The zero-order valence-electron chi connectivity index (χ0n) is 10.1. The van der Waals surface area contributed by atoms with Crippen molar-refractivity contribution >= 4 is 29.9 Å². The van der Waals surface area contributed by atoms with Gasteiger partial charge in [0.1, 0.15) is 5.76 Å². The topological polar surface area (TPSA) is 76.4 Å². The van der Waals surface area contributed by atoms with Gasteiger partial charge in [0, 0.05) is 12.5 Å². The summed E-state index contributed by atoms with van der Waals surface area (Å²) < 4.78 is 5.56. The number of nitrogens with one attached hydrogen (secondary N) is 1. The molecule has 0 aliphatic heterocycles. The van der Waals surface area contributed by atoms with Gasteiger partial charge in [0.15, 0.2) is 5.96 Å². The zero-order chi connectivity index (χ0) is 11.5. The van der Waals surface area contributed by atoms with Gasteiger partial charge in [0.05, 0.1) is 12.7 Å². The Morgan fingerprint density at radius 2 is 2.19 bits per heavy atom. The normalized spacial score (nSPS) is 12.1. The maximum absolute atomic E-state index is 5.56. The lowest BCUT2D eigenvalue weighted by molar-refractivity contribution is 0.380. The van der Waals surface area contributed by atoms with E-state index in [9.17, 15) is 0 Å². The van der Waals surface area contributed by atoms with Gasteiger partial charge >= 0.3 is 0 Å². The van der Waals surface area contributed by atoms with Crippen LogP contribution in [-0.4, -0.2) is 18.0 Å². The SMILES string of the molecule is CN=C(N)NCc1ncc(C(C)(C)C)o1.I. The molecule has 0 aliphatic carbocycles. The van der Waals surface area contributed by atoms with Crippen LogP contribution in [0.3, 0.4) is 0 Å². The van der Waals surface area contributed by atoms with Gasteiger partial charge in [-0.2, -0.15) is 0 Å². The van der Waals surface area contributed by atoms with Crippen LogP contribution in [0.15, 0.2) is 15.6 Å². The Kier molecular flexibility index (Phi) is 5.77. The lowest BCUT2D eigenvalue weighted by Gasteiger charge is -2.13. The predicted molar refractivity (Wildman–Crippen MR) is 75.0 cm³/mol. The van der Waals surface area contributed by atoms with Gasteiger partial charge in [0.25, 0.3) is 0 Å². The first-order chi connectivity index (χ1) is 6.93. The number of rotatable bonds is 2. The molecule has 0 amide bonds. The van der Waals surface area contributed by atoms with E-state index in [1.165, 1.54) is 0 Å². The quantitative estimate of drug-likeness (QED) is 0.488. The fourth-order valence-electron chi connectivity index (χ4n) is 0.984. The van der Waals surface area contributed by atoms with Crippen LogP contribution < -0.4 is 11.1 Å². The summed E-state index contributed by atoms with van der Waals surface area (Å²) in [4.78, 5) is 7.92. The number of guanidine groups is 1. The summed E-state index contributed by atoms with van der Waals surface area (Å²) in [6, 6.07) is 0. The molecule has 0 bridgehead atoms. The summed E-state index contributed by atoms with van der Waals surface area (Å²) >= 11 is 0. The molecule has 0 saturated carbocycles. The van der Waals surface area contributed by atoms with Crippen LogP contribution in [0.4, 0.5) is 0 Å². The number of hydrogen-bond acceptors (Lipinski definition) is 3. The summed E-state index contributed by atoms with van der Waals surface area (Å²) in [5, 5.41) is 2.88. The fraction of sp³-hybridized carbons (Fsp3) is 0.600. The third kappa shape index (κ3) is 4.38. The van der Waals surface area contributed by atoms with Gasteiger partial charge in [-0.15, -0.1) is 24.0 Å². The Morgan fingerprint density at radius 1 is 1.56 bits per heavy atom. The van der Waals surface area contributed by atoms with Gasteiger partial charge in [-0.25, -0.2) is 4.98 Å². The molecular weight excluding hydrogens is 319 g/mol. The second kappa shape index (κ2) is 6.07. The largest absolute Gasteiger partial charge is 0.443 e. The summed E-state index contributed by atoms with van der Waals surface area (Å²) in [5.41, 5.74) is 5.46. The third-order valence-electron chi connectivity index (χ3n) is 1.95. The van der Waals surface area contributed by atoms with Crippen molar-refractivity contribution in [3.63, 3.8) is 0 Å². The molecular formula is C10H19IN4O.